The number of anilines is 1. The fraction of sp³-hybridized carbons (Fsp3) is 0.158. The molecule has 30 heavy (non-hydrogen) atoms. The number of rotatable bonds is 6. The van der Waals surface area contributed by atoms with Crippen molar-refractivity contribution in [1.29, 1.82) is 0 Å². The van der Waals surface area contributed by atoms with Crippen molar-refractivity contribution in [2.24, 2.45) is 0 Å². The molecule has 0 bridgehead atoms. The summed E-state index contributed by atoms with van der Waals surface area (Å²) in [5.41, 5.74) is 3.88. The van der Waals surface area contributed by atoms with Crippen LogP contribution in [-0.2, 0) is 12.6 Å². The Morgan fingerprint density at radius 2 is 1.90 bits per heavy atom. The van der Waals surface area contributed by atoms with Crippen LogP contribution in [0.4, 0.5) is 24.5 Å². The highest BCUT2D eigenvalue weighted by atomic mass is 32.1. The molecular formula is C19H15F3N4O3S. The van der Waals surface area contributed by atoms with E-state index >= 15 is 0 Å². The Kier molecular flexibility index (Phi) is 6.01. The van der Waals surface area contributed by atoms with Crippen LogP contribution in [0.3, 0.4) is 0 Å². The Morgan fingerprint density at radius 3 is 2.53 bits per heavy atom. The zero-order chi connectivity index (χ0) is 21.9. The molecule has 3 rings (SSSR count). The minimum atomic E-state index is -4.72. The van der Waals surface area contributed by atoms with Crippen molar-refractivity contribution in [2.45, 2.75) is 19.5 Å². The van der Waals surface area contributed by atoms with Gasteiger partial charge in [0.2, 0.25) is 0 Å². The van der Waals surface area contributed by atoms with Crippen LogP contribution in [-0.4, -0.2) is 15.8 Å². The Bertz CT molecular complexity index is 1080. The van der Waals surface area contributed by atoms with Gasteiger partial charge in [0.1, 0.15) is 10.6 Å². The Balaban J connectivity index is 1.74. The molecule has 0 radical (unpaired) electrons. The summed E-state index contributed by atoms with van der Waals surface area (Å²) < 4.78 is 38.3. The first kappa shape index (κ1) is 21.2. The van der Waals surface area contributed by atoms with Gasteiger partial charge in [0.15, 0.2) is 0 Å². The molecule has 0 atom stereocenters. The summed E-state index contributed by atoms with van der Waals surface area (Å²) >= 11 is 1.17. The summed E-state index contributed by atoms with van der Waals surface area (Å²) in [5.74, 6) is -0.599. The van der Waals surface area contributed by atoms with Gasteiger partial charge >= 0.3 is 6.18 Å². The fourth-order valence-corrected chi connectivity index (χ4v) is 3.65. The Morgan fingerprint density at radius 1 is 1.20 bits per heavy atom. The second-order valence-electron chi connectivity index (χ2n) is 6.25. The number of nitrogens with one attached hydrogen (secondary N) is 2. The highest BCUT2D eigenvalue weighted by molar-refractivity contribution is 7.13. The van der Waals surface area contributed by atoms with E-state index < -0.39 is 28.3 Å². The van der Waals surface area contributed by atoms with E-state index in [1.54, 1.807) is 6.92 Å². The molecule has 0 fully saturated rings. The zero-order valence-electron chi connectivity index (χ0n) is 15.5. The summed E-state index contributed by atoms with van der Waals surface area (Å²) in [6, 6.07) is 11.5. The summed E-state index contributed by atoms with van der Waals surface area (Å²) in [4.78, 5) is 27.3. The number of hydrogen-bond donors (Lipinski definition) is 2. The average molecular weight is 436 g/mol. The molecule has 0 unspecified atom stereocenters. The Labute approximate surface area is 172 Å². The highest BCUT2D eigenvalue weighted by Crippen LogP contribution is 2.34. The van der Waals surface area contributed by atoms with Gasteiger partial charge in [-0.1, -0.05) is 30.3 Å². The Hall–Kier alpha value is -3.47. The highest BCUT2D eigenvalue weighted by Gasteiger charge is 2.33. The molecule has 0 spiro atoms. The predicted molar refractivity (Wildman–Crippen MR) is 105 cm³/mol. The van der Waals surface area contributed by atoms with E-state index in [2.05, 4.69) is 15.8 Å². The van der Waals surface area contributed by atoms with E-state index in [0.717, 1.165) is 11.6 Å². The lowest BCUT2D eigenvalue weighted by molar-refractivity contribution is -0.384. The van der Waals surface area contributed by atoms with E-state index in [0.29, 0.717) is 34.1 Å². The molecule has 2 aromatic carbocycles. The van der Waals surface area contributed by atoms with Gasteiger partial charge in [-0.25, -0.2) is 4.98 Å². The van der Waals surface area contributed by atoms with E-state index in [1.165, 1.54) is 11.3 Å². The molecule has 1 heterocycles. The van der Waals surface area contributed by atoms with Gasteiger partial charge in [-0.15, -0.1) is 11.3 Å². The zero-order valence-corrected chi connectivity index (χ0v) is 16.3. The number of hydrazine groups is 1. The third-order valence-corrected chi connectivity index (χ3v) is 5.23. The fourth-order valence-electron chi connectivity index (χ4n) is 2.65. The maximum absolute atomic E-state index is 12.8. The molecule has 0 saturated heterocycles. The number of carbonyl (C=O) groups excluding carboxylic acids is 1. The predicted octanol–water partition coefficient (Wildman–Crippen LogP) is 4.73. The molecule has 0 aliphatic rings. The monoisotopic (exact) mass is 436 g/mol. The lowest BCUT2D eigenvalue weighted by Gasteiger charge is -2.11. The van der Waals surface area contributed by atoms with Crippen molar-refractivity contribution >= 4 is 28.6 Å². The lowest BCUT2D eigenvalue weighted by Crippen LogP contribution is -2.29. The normalized spacial score (nSPS) is 11.2. The van der Waals surface area contributed by atoms with Gasteiger partial charge in [0, 0.05) is 12.5 Å². The minimum absolute atomic E-state index is 0.270. The van der Waals surface area contributed by atoms with Crippen molar-refractivity contribution in [3.05, 3.63) is 85.4 Å². The van der Waals surface area contributed by atoms with E-state index in [4.69, 9.17) is 0 Å². The largest absolute Gasteiger partial charge is 0.416 e. The molecule has 0 aliphatic carbocycles. The number of amides is 1. The average Bonchev–Trinajstić information content (AvgIpc) is 3.06. The summed E-state index contributed by atoms with van der Waals surface area (Å²) in [6.45, 7) is 1.65. The van der Waals surface area contributed by atoms with Crippen LogP contribution in [0.1, 0.15) is 31.5 Å². The number of benzene rings is 2. The SMILES string of the molecule is Cc1nc(Cc2ccccc2)sc1C(=O)NNc1ccc(C(F)(F)F)cc1[N+](=O)[O-]. The van der Waals surface area contributed by atoms with Crippen LogP contribution in [0.5, 0.6) is 0 Å². The topological polar surface area (TPSA) is 97.2 Å². The van der Waals surface area contributed by atoms with Crippen LogP contribution in [0, 0.1) is 17.0 Å². The number of halogens is 3. The molecule has 1 amide bonds. The van der Waals surface area contributed by atoms with Crippen molar-refractivity contribution < 1.29 is 22.9 Å². The van der Waals surface area contributed by atoms with Crippen molar-refractivity contribution in [3.63, 3.8) is 0 Å². The number of aromatic nitrogens is 1. The quantitative estimate of drug-likeness (QED) is 0.430. The summed E-state index contributed by atoms with van der Waals surface area (Å²) in [7, 11) is 0. The third-order valence-electron chi connectivity index (χ3n) is 4.08. The van der Waals surface area contributed by atoms with Crippen LogP contribution < -0.4 is 10.9 Å². The number of hydrogen-bond acceptors (Lipinski definition) is 6. The molecular weight excluding hydrogens is 421 g/mol. The molecule has 0 aliphatic heterocycles. The number of carbonyl (C=O) groups is 1. The molecule has 2 N–H and O–H groups in total. The first-order chi connectivity index (χ1) is 14.1. The second kappa shape index (κ2) is 8.49. The smallest absolute Gasteiger partial charge is 0.292 e. The first-order valence-corrected chi connectivity index (χ1v) is 9.39. The van der Waals surface area contributed by atoms with Gasteiger partial charge in [-0.05, 0) is 24.6 Å². The van der Waals surface area contributed by atoms with Crippen molar-refractivity contribution in [3.8, 4) is 0 Å². The standard InChI is InChI=1S/C19H15F3N4O3S/c1-11-17(30-16(23-11)9-12-5-3-2-4-6-12)18(27)25-24-14-8-7-13(19(20,21)22)10-15(14)26(28)29/h2-8,10,24H,9H2,1H3,(H,25,27). The number of nitro benzene ring substituents is 1. The van der Waals surface area contributed by atoms with Gasteiger partial charge in [-0.2, -0.15) is 13.2 Å². The molecule has 3 aromatic rings. The molecule has 0 saturated carbocycles. The minimum Gasteiger partial charge on any atom is -0.292 e. The van der Waals surface area contributed by atoms with E-state index in [-0.39, 0.29) is 5.69 Å². The number of nitro groups is 1. The van der Waals surface area contributed by atoms with Crippen LogP contribution in [0.15, 0.2) is 48.5 Å². The third kappa shape index (κ3) is 4.92. The first-order valence-electron chi connectivity index (χ1n) is 8.57. The molecule has 156 valence electrons. The maximum atomic E-state index is 12.8. The van der Waals surface area contributed by atoms with Gasteiger partial charge in [-0.3, -0.25) is 25.8 Å². The lowest BCUT2D eigenvalue weighted by atomic mass is 10.1. The van der Waals surface area contributed by atoms with Gasteiger partial charge in [0.25, 0.3) is 11.6 Å². The van der Waals surface area contributed by atoms with Crippen LogP contribution in [0.2, 0.25) is 0 Å². The van der Waals surface area contributed by atoms with E-state index in [9.17, 15) is 28.1 Å². The number of aryl methyl sites for hydroxylation is 1. The van der Waals surface area contributed by atoms with Gasteiger partial charge < -0.3 is 0 Å². The summed E-state index contributed by atoms with van der Waals surface area (Å²) in [6.07, 6.45) is -4.18. The number of thiazole rings is 1. The molecule has 11 heteroatoms. The van der Waals surface area contributed by atoms with Crippen molar-refractivity contribution in [1.82, 2.24) is 10.4 Å². The maximum Gasteiger partial charge on any atom is 0.416 e. The van der Waals surface area contributed by atoms with Crippen molar-refractivity contribution in [2.75, 3.05) is 5.43 Å². The second-order valence-corrected chi connectivity index (χ2v) is 7.33. The molecule has 1 aromatic heterocycles. The van der Waals surface area contributed by atoms with E-state index in [1.807, 2.05) is 30.3 Å². The van der Waals surface area contributed by atoms with Gasteiger partial charge in [0.05, 0.1) is 21.2 Å². The number of alkyl halides is 3. The molecule has 7 nitrogen and oxygen atoms in total. The summed E-state index contributed by atoms with van der Waals surface area (Å²) in [5, 5.41) is 11.8. The van der Waals surface area contributed by atoms with Crippen LogP contribution >= 0.6 is 11.3 Å². The van der Waals surface area contributed by atoms with Crippen LogP contribution in [0.25, 0.3) is 0 Å². The number of nitrogens with zero attached hydrogens (tertiary/aromatic N) is 2.